The highest BCUT2D eigenvalue weighted by atomic mass is 35.5. The molecule has 0 spiro atoms. The molecule has 16 heavy (non-hydrogen) atoms. The van der Waals surface area contributed by atoms with Crippen LogP contribution in [0, 0.1) is 0 Å². The maximum atomic E-state index is 6.20. The van der Waals surface area contributed by atoms with Crippen LogP contribution in [0.5, 0.6) is 0 Å². The molecular formula is C12H16Cl3N. The van der Waals surface area contributed by atoms with Crippen molar-refractivity contribution in [3.05, 3.63) is 32.8 Å². The van der Waals surface area contributed by atoms with Gasteiger partial charge < -0.3 is 5.73 Å². The van der Waals surface area contributed by atoms with Gasteiger partial charge in [0.05, 0.1) is 10.0 Å². The van der Waals surface area contributed by atoms with E-state index < -0.39 is 0 Å². The molecule has 2 N–H and O–H groups in total. The summed E-state index contributed by atoms with van der Waals surface area (Å²) in [5.41, 5.74) is 6.49. The van der Waals surface area contributed by atoms with E-state index in [1.807, 2.05) is 0 Å². The van der Waals surface area contributed by atoms with Crippen LogP contribution in [0.1, 0.15) is 37.7 Å². The first-order valence-electron chi connectivity index (χ1n) is 5.45. The molecule has 0 fully saturated rings. The summed E-state index contributed by atoms with van der Waals surface area (Å²) in [4.78, 5) is 0. The third kappa shape index (κ3) is 3.27. The highest BCUT2D eigenvalue weighted by Crippen LogP contribution is 2.39. The maximum absolute atomic E-state index is 6.20. The van der Waals surface area contributed by atoms with Crippen molar-refractivity contribution in [2.75, 3.05) is 6.54 Å². The summed E-state index contributed by atoms with van der Waals surface area (Å²) < 4.78 is 0. The lowest BCUT2D eigenvalue weighted by atomic mass is 9.92. The molecule has 0 aliphatic rings. The number of hydrogen-bond acceptors (Lipinski definition) is 1. The van der Waals surface area contributed by atoms with Crippen LogP contribution >= 0.6 is 34.8 Å². The van der Waals surface area contributed by atoms with Gasteiger partial charge >= 0.3 is 0 Å². The molecule has 1 unspecified atom stereocenters. The van der Waals surface area contributed by atoms with Crippen LogP contribution in [-0.2, 0) is 0 Å². The van der Waals surface area contributed by atoms with Crippen molar-refractivity contribution in [3.8, 4) is 0 Å². The lowest BCUT2D eigenvalue weighted by Gasteiger charge is -2.18. The van der Waals surface area contributed by atoms with Crippen LogP contribution in [0.2, 0.25) is 15.1 Å². The van der Waals surface area contributed by atoms with Gasteiger partial charge in [-0.3, -0.25) is 0 Å². The van der Waals surface area contributed by atoms with Crippen LogP contribution in [-0.4, -0.2) is 6.54 Å². The predicted molar refractivity (Wildman–Crippen MR) is 72.8 cm³/mol. The highest BCUT2D eigenvalue weighted by molar-refractivity contribution is 6.44. The lowest BCUT2D eigenvalue weighted by molar-refractivity contribution is 0.581. The van der Waals surface area contributed by atoms with Crippen molar-refractivity contribution in [3.63, 3.8) is 0 Å². The van der Waals surface area contributed by atoms with Crippen molar-refractivity contribution in [1.29, 1.82) is 0 Å². The van der Waals surface area contributed by atoms with Gasteiger partial charge in [-0.2, -0.15) is 0 Å². The fourth-order valence-corrected chi connectivity index (χ4v) is 2.68. The van der Waals surface area contributed by atoms with Crippen LogP contribution in [0.3, 0.4) is 0 Å². The third-order valence-corrected chi connectivity index (χ3v) is 3.89. The Labute approximate surface area is 112 Å². The molecule has 0 aliphatic carbocycles. The molecule has 0 aromatic heterocycles. The molecule has 1 nitrogen and oxygen atoms in total. The van der Waals surface area contributed by atoms with Crippen molar-refractivity contribution >= 4 is 34.8 Å². The molecule has 0 heterocycles. The second-order valence-electron chi connectivity index (χ2n) is 3.79. The summed E-state index contributed by atoms with van der Waals surface area (Å²) in [6, 6.07) is 3.53. The first kappa shape index (κ1) is 14.1. The van der Waals surface area contributed by atoms with E-state index in [9.17, 15) is 0 Å². The SMILES string of the molecule is CCC(CCCN)c1c(Cl)ccc(Cl)c1Cl. The van der Waals surface area contributed by atoms with E-state index >= 15 is 0 Å². The van der Waals surface area contributed by atoms with Gasteiger partial charge in [0.15, 0.2) is 0 Å². The monoisotopic (exact) mass is 279 g/mol. The van der Waals surface area contributed by atoms with Crippen molar-refractivity contribution in [1.82, 2.24) is 0 Å². The molecule has 1 aromatic carbocycles. The minimum Gasteiger partial charge on any atom is -0.330 e. The highest BCUT2D eigenvalue weighted by Gasteiger charge is 2.18. The zero-order valence-corrected chi connectivity index (χ0v) is 11.5. The Morgan fingerprint density at radius 1 is 1.19 bits per heavy atom. The number of halogens is 3. The Morgan fingerprint density at radius 2 is 1.81 bits per heavy atom. The molecule has 0 saturated heterocycles. The van der Waals surface area contributed by atoms with Crippen molar-refractivity contribution in [2.45, 2.75) is 32.1 Å². The molecule has 1 rings (SSSR count). The summed E-state index contributed by atoms with van der Waals surface area (Å²) in [6.45, 7) is 2.81. The van der Waals surface area contributed by atoms with E-state index in [0.29, 0.717) is 27.5 Å². The van der Waals surface area contributed by atoms with Crippen LogP contribution in [0.15, 0.2) is 12.1 Å². The van der Waals surface area contributed by atoms with Gasteiger partial charge in [0, 0.05) is 5.02 Å². The Balaban J connectivity index is 3.03. The normalized spacial score (nSPS) is 12.8. The zero-order chi connectivity index (χ0) is 12.1. The Kier molecular flexibility index (Phi) is 5.91. The Morgan fingerprint density at radius 3 is 2.38 bits per heavy atom. The second kappa shape index (κ2) is 6.70. The molecule has 1 atom stereocenters. The van der Waals surface area contributed by atoms with Gasteiger partial charge in [0.1, 0.15) is 0 Å². The standard InChI is InChI=1S/C12H16Cl3N/c1-2-8(4-3-7-16)11-9(13)5-6-10(14)12(11)15/h5-6,8H,2-4,7,16H2,1H3. The molecule has 0 amide bonds. The molecule has 4 heteroatoms. The summed E-state index contributed by atoms with van der Waals surface area (Å²) in [7, 11) is 0. The molecule has 1 aromatic rings. The van der Waals surface area contributed by atoms with Crippen molar-refractivity contribution < 1.29 is 0 Å². The van der Waals surface area contributed by atoms with Crippen LogP contribution in [0.25, 0.3) is 0 Å². The summed E-state index contributed by atoms with van der Waals surface area (Å²) in [6.07, 6.45) is 2.95. The Hall–Kier alpha value is 0.0500. The van der Waals surface area contributed by atoms with Crippen LogP contribution < -0.4 is 5.73 Å². The van der Waals surface area contributed by atoms with E-state index in [2.05, 4.69) is 6.92 Å². The average molecular weight is 281 g/mol. The van der Waals surface area contributed by atoms with E-state index in [0.717, 1.165) is 24.8 Å². The fraction of sp³-hybridized carbons (Fsp3) is 0.500. The first-order valence-corrected chi connectivity index (χ1v) is 6.58. The molecule has 0 saturated carbocycles. The van der Waals surface area contributed by atoms with Crippen molar-refractivity contribution in [2.24, 2.45) is 5.73 Å². The summed E-state index contributed by atoms with van der Waals surface area (Å²) >= 11 is 18.4. The van der Waals surface area contributed by atoms with Gasteiger partial charge in [0.2, 0.25) is 0 Å². The number of rotatable bonds is 5. The quantitative estimate of drug-likeness (QED) is 0.764. The molecule has 0 bridgehead atoms. The second-order valence-corrected chi connectivity index (χ2v) is 4.99. The van der Waals surface area contributed by atoms with E-state index in [4.69, 9.17) is 40.5 Å². The molecule has 90 valence electrons. The first-order chi connectivity index (χ1) is 7.61. The van der Waals surface area contributed by atoms with E-state index in [1.165, 1.54) is 0 Å². The molecular weight excluding hydrogens is 264 g/mol. The maximum Gasteiger partial charge on any atom is 0.0641 e. The molecule has 0 radical (unpaired) electrons. The van der Waals surface area contributed by atoms with E-state index in [1.54, 1.807) is 12.1 Å². The summed E-state index contributed by atoms with van der Waals surface area (Å²) in [5.74, 6) is 0.335. The third-order valence-electron chi connectivity index (χ3n) is 2.74. The molecule has 0 aliphatic heterocycles. The van der Waals surface area contributed by atoms with E-state index in [-0.39, 0.29) is 0 Å². The smallest absolute Gasteiger partial charge is 0.0641 e. The topological polar surface area (TPSA) is 26.0 Å². The van der Waals surface area contributed by atoms with Gasteiger partial charge in [-0.05, 0) is 49.4 Å². The van der Waals surface area contributed by atoms with Gasteiger partial charge in [-0.15, -0.1) is 0 Å². The minimum absolute atomic E-state index is 0.335. The lowest BCUT2D eigenvalue weighted by Crippen LogP contribution is -2.05. The minimum atomic E-state index is 0.335. The van der Waals surface area contributed by atoms with Gasteiger partial charge in [-0.1, -0.05) is 41.7 Å². The largest absolute Gasteiger partial charge is 0.330 e. The summed E-state index contributed by atoms with van der Waals surface area (Å²) in [5, 5.41) is 1.84. The predicted octanol–water partition coefficient (Wildman–Crippen LogP) is 4.88. The van der Waals surface area contributed by atoms with Gasteiger partial charge in [-0.25, -0.2) is 0 Å². The Bertz CT molecular complexity index is 352. The van der Waals surface area contributed by atoms with Gasteiger partial charge in [0.25, 0.3) is 0 Å². The zero-order valence-electron chi connectivity index (χ0n) is 9.27. The van der Waals surface area contributed by atoms with Crippen LogP contribution in [0.4, 0.5) is 0 Å². The average Bonchev–Trinajstić information content (AvgIpc) is 2.28. The fourth-order valence-electron chi connectivity index (χ4n) is 1.83. The number of nitrogens with two attached hydrogens (primary N) is 1. The number of hydrogen-bond donors (Lipinski definition) is 1. The number of benzene rings is 1.